The van der Waals surface area contributed by atoms with E-state index >= 15 is 0 Å². The molecule has 4 aliphatic rings. The standard InChI is InChI=1S/C41H53ClN8O9/c1-22-8-6-9-26(14-22)16-30(45-41(58)44-28-11-7-10-27(42)17-28)35(52)46-34-25(4)59-40(57)32-15-23(2)19-49(32)37(54)24(3)43-36(53)33-21-47(5)12-13-48(33)38(55)31-18-29(51)20-50(31)39(34)56/h6-11,14,17,23-25,29-34,51H,12-13,15-16,18-21H2,1-5H3,(H,43,53)(H,46,52)(H2,44,45,58)/t23-,24+,25+,29-,30+,31+,32+,33+,34+/m1/s1. The third-order valence-corrected chi connectivity index (χ3v) is 11.6. The van der Waals surface area contributed by atoms with E-state index in [0.29, 0.717) is 22.8 Å². The zero-order chi connectivity index (χ0) is 42.7. The molecule has 6 rings (SSSR count). The van der Waals surface area contributed by atoms with Crippen LogP contribution in [0.4, 0.5) is 10.5 Å². The lowest BCUT2D eigenvalue weighted by atomic mass is 10.0. The van der Waals surface area contributed by atoms with E-state index in [4.69, 9.17) is 16.3 Å². The second-order valence-corrected chi connectivity index (χ2v) is 16.7. The molecular formula is C41H53ClN8O9. The Bertz CT molecular complexity index is 1970. The number of carbonyl (C=O) groups is 7. The van der Waals surface area contributed by atoms with Crippen molar-refractivity contribution in [1.29, 1.82) is 0 Å². The lowest BCUT2D eigenvalue weighted by Gasteiger charge is -2.42. The fourth-order valence-corrected chi connectivity index (χ4v) is 8.53. The lowest BCUT2D eigenvalue weighted by molar-refractivity contribution is -0.163. The normalized spacial score (nSPS) is 28.9. The summed E-state index contributed by atoms with van der Waals surface area (Å²) in [5, 5.41) is 22.1. The summed E-state index contributed by atoms with van der Waals surface area (Å²) < 4.78 is 5.93. The molecule has 18 heteroatoms. The van der Waals surface area contributed by atoms with E-state index in [1.165, 1.54) is 29.7 Å². The molecule has 5 N–H and O–H groups in total. The maximum atomic E-state index is 14.8. The minimum Gasteiger partial charge on any atom is -0.458 e. The zero-order valence-corrected chi connectivity index (χ0v) is 34.6. The Balaban J connectivity index is 1.35. The number of urea groups is 1. The van der Waals surface area contributed by atoms with Crippen molar-refractivity contribution in [2.75, 3.05) is 45.1 Å². The number of carbonyl (C=O) groups excluding carboxylic acids is 7. The first kappa shape index (κ1) is 43.3. The van der Waals surface area contributed by atoms with E-state index in [2.05, 4.69) is 21.3 Å². The summed E-state index contributed by atoms with van der Waals surface area (Å²) in [4.78, 5) is 105. The van der Waals surface area contributed by atoms with Crippen molar-refractivity contribution in [3.8, 4) is 0 Å². The number of hydrogen-bond donors (Lipinski definition) is 5. The summed E-state index contributed by atoms with van der Waals surface area (Å²) in [6, 6.07) is 5.76. The van der Waals surface area contributed by atoms with Crippen LogP contribution < -0.4 is 21.3 Å². The van der Waals surface area contributed by atoms with E-state index in [9.17, 15) is 38.7 Å². The smallest absolute Gasteiger partial charge is 0.329 e. The number of cyclic esters (lactones) is 1. The molecule has 4 aliphatic heterocycles. The Labute approximate surface area is 348 Å². The molecule has 4 fully saturated rings. The highest BCUT2D eigenvalue weighted by Gasteiger charge is 2.49. The second kappa shape index (κ2) is 18.3. The number of nitrogens with zero attached hydrogens (tertiary/aromatic N) is 4. The molecule has 59 heavy (non-hydrogen) atoms. The van der Waals surface area contributed by atoms with Crippen molar-refractivity contribution >= 4 is 58.8 Å². The molecule has 0 saturated carbocycles. The number of amides is 7. The number of likely N-dealkylation sites (N-methyl/N-ethyl adjacent to an activating group) is 1. The molecule has 0 unspecified atom stereocenters. The topological polar surface area (TPSA) is 210 Å². The number of piperazine rings is 1. The molecule has 0 radical (unpaired) electrons. The fraction of sp³-hybridized carbons (Fsp3) is 0.537. The van der Waals surface area contributed by atoms with Crippen LogP contribution in [0.3, 0.4) is 0 Å². The van der Waals surface area contributed by atoms with Gasteiger partial charge in [0.05, 0.1) is 6.10 Å². The van der Waals surface area contributed by atoms with Crippen molar-refractivity contribution < 1.29 is 43.4 Å². The van der Waals surface area contributed by atoms with Crippen molar-refractivity contribution in [3.63, 3.8) is 0 Å². The maximum absolute atomic E-state index is 14.8. The van der Waals surface area contributed by atoms with Crippen LogP contribution in [-0.4, -0.2) is 154 Å². The lowest BCUT2D eigenvalue weighted by Crippen LogP contribution is -2.65. The molecule has 9 atom stereocenters. The summed E-state index contributed by atoms with van der Waals surface area (Å²) in [6.07, 6.45) is -2.38. The number of nitrogens with one attached hydrogen (secondary N) is 4. The van der Waals surface area contributed by atoms with Gasteiger partial charge in [-0.25, -0.2) is 9.59 Å². The highest BCUT2D eigenvalue weighted by molar-refractivity contribution is 6.30. The molecule has 7 amide bonds. The van der Waals surface area contributed by atoms with Crippen LogP contribution in [0, 0.1) is 12.8 Å². The number of aliphatic hydroxyl groups is 1. The Morgan fingerprint density at radius 3 is 2.34 bits per heavy atom. The maximum Gasteiger partial charge on any atom is 0.329 e. The van der Waals surface area contributed by atoms with Gasteiger partial charge in [-0.3, -0.25) is 24.0 Å². The molecule has 0 aromatic heterocycles. The Morgan fingerprint density at radius 1 is 0.881 bits per heavy atom. The quantitative estimate of drug-likeness (QED) is 0.257. The summed E-state index contributed by atoms with van der Waals surface area (Å²) in [5.74, 6) is -4.24. The van der Waals surface area contributed by atoms with Gasteiger partial charge in [0.2, 0.25) is 29.5 Å². The minimum absolute atomic E-state index is 0.00280. The molecule has 2 aromatic rings. The summed E-state index contributed by atoms with van der Waals surface area (Å²) in [5.41, 5.74) is 1.97. The Morgan fingerprint density at radius 2 is 1.61 bits per heavy atom. The summed E-state index contributed by atoms with van der Waals surface area (Å²) in [7, 11) is 1.80. The number of benzene rings is 2. The minimum atomic E-state index is -1.62. The predicted molar refractivity (Wildman–Crippen MR) is 216 cm³/mol. The molecule has 17 nitrogen and oxygen atoms in total. The molecule has 0 aliphatic carbocycles. The van der Waals surface area contributed by atoms with Crippen molar-refractivity contribution in [1.82, 2.24) is 35.6 Å². The number of anilines is 1. The van der Waals surface area contributed by atoms with E-state index < -0.39 is 90.0 Å². The van der Waals surface area contributed by atoms with Crippen LogP contribution in [0.5, 0.6) is 0 Å². The van der Waals surface area contributed by atoms with E-state index in [1.54, 1.807) is 31.3 Å². The van der Waals surface area contributed by atoms with Gasteiger partial charge in [0.25, 0.3) is 0 Å². The van der Waals surface area contributed by atoms with Crippen molar-refractivity contribution in [2.24, 2.45) is 5.92 Å². The first-order chi connectivity index (χ1) is 28.0. The van der Waals surface area contributed by atoms with Gasteiger partial charge < -0.3 is 50.7 Å². The van der Waals surface area contributed by atoms with Crippen molar-refractivity contribution in [3.05, 3.63) is 64.7 Å². The monoisotopic (exact) mass is 836 g/mol. The van der Waals surface area contributed by atoms with E-state index in [-0.39, 0.29) is 51.4 Å². The molecule has 2 aromatic carbocycles. The molecule has 4 saturated heterocycles. The van der Waals surface area contributed by atoms with Gasteiger partial charge >= 0.3 is 12.0 Å². The van der Waals surface area contributed by atoms with Crippen LogP contribution >= 0.6 is 11.6 Å². The predicted octanol–water partition coefficient (Wildman–Crippen LogP) is 0.657. The van der Waals surface area contributed by atoms with E-state index in [1.807, 2.05) is 36.9 Å². The second-order valence-electron chi connectivity index (χ2n) is 16.3. The molecule has 0 bridgehead atoms. The number of esters is 1. The number of ether oxygens (including phenoxy) is 1. The number of aliphatic hydroxyl groups excluding tert-OH is 1. The number of aryl methyl sites for hydroxylation is 1. The Kier molecular flexibility index (Phi) is 13.5. The first-order valence-corrected chi connectivity index (χ1v) is 20.3. The van der Waals surface area contributed by atoms with Gasteiger partial charge in [-0.2, -0.15) is 0 Å². The number of hydrogen-bond acceptors (Lipinski definition) is 10. The third kappa shape index (κ3) is 10.1. The highest BCUT2D eigenvalue weighted by atomic mass is 35.5. The average Bonchev–Trinajstić information content (AvgIpc) is 3.77. The van der Waals surface area contributed by atoms with Crippen molar-refractivity contribution in [2.45, 2.75) is 95.4 Å². The average molecular weight is 837 g/mol. The SMILES string of the molecule is Cc1cccc(C[C@H](NC(=O)Nc2cccc(Cl)c2)C(=O)N[C@@H]2C(=O)N3C[C@H](O)C[C@H]3C(=O)N3CCN(C)C[C@H]3C(=O)N[C@@H](C)C(=O)N3C[C@H](C)C[C@H]3C(=O)O[C@H]2C)c1. The molecule has 318 valence electrons. The number of halogens is 1. The van der Waals surface area contributed by atoms with Gasteiger partial charge in [-0.05, 0) is 63.9 Å². The van der Waals surface area contributed by atoms with Gasteiger partial charge in [0, 0.05) is 56.3 Å². The Hall–Kier alpha value is -5.26. The van der Waals surface area contributed by atoms with Gasteiger partial charge in [-0.1, -0.05) is 54.4 Å². The van der Waals surface area contributed by atoms with Crippen LogP contribution in [0.2, 0.25) is 5.02 Å². The van der Waals surface area contributed by atoms with Gasteiger partial charge in [0.15, 0.2) is 0 Å². The largest absolute Gasteiger partial charge is 0.458 e. The van der Waals surface area contributed by atoms with Crippen LogP contribution in [0.1, 0.15) is 44.7 Å². The first-order valence-electron chi connectivity index (χ1n) is 20.0. The highest BCUT2D eigenvalue weighted by Crippen LogP contribution is 2.28. The zero-order valence-electron chi connectivity index (χ0n) is 33.9. The molecule has 4 heterocycles. The van der Waals surface area contributed by atoms with Crippen LogP contribution in [0.25, 0.3) is 0 Å². The fourth-order valence-electron chi connectivity index (χ4n) is 8.34. The van der Waals surface area contributed by atoms with E-state index in [0.717, 1.165) is 10.5 Å². The van der Waals surface area contributed by atoms with Crippen LogP contribution in [0.15, 0.2) is 48.5 Å². The van der Waals surface area contributed by atoms with Crippen LogP contribution in [-0.2, 0) is 39.9 Å². The number of rotatable bonds is 6. The van der Waals surface area contributed by atoms with Gasteiger partial charge in [-0.15, -0.1) is 0 Å². The number of fused-ring (bicyclic) bond motifs is 3. The third-order valence-electron chi connectivity index (χ3n) is 11.4. The summed E-state index contributed by atoms with van der Waals surface area (Å²) >= 11 is 6.12. The molecule has 0 spiro atoms. The molecular weight excluding hydrogens is 784 g/mol. The summed E-state index contributed by atoms with van der Waals surface area (Å²) in [6.45, 7) is 7.33. The van der Waals surface area contributed by atoms with Gasteiger partial charge in [0.1, 0.15) is 42.4 Å².